The van der Waals surface area contributed by atoms with E-state index in [0.29, 0.717) is 0 Å². The fourth-order valence-electron chi connectivity index (χ4n) is 3.81. The van der Waals surface area contributed by atoms with E-state index in [1.165, 1.54) is 23.5 Å². The SMILES string of the molecule is NC(=O)c1nccnc1C(=O)N1[C@@H]2CC[C@@H]1C=C(c1ccccc1)C2. The maximum atomic E-state index is 13.0. The zero-order chi connectivity index (χ0) is 17.4. The predicted molar refractivity (Wildman–Crippen MR) is 92.6 cm³/mol. The van der Waals surface area contributed by atoms with Crippen molar-refractivity contribution in [3.63, 3.8) is 0 Å². The first kappa shape index (κ1) is 15.5. The van der Waals surface area contributed by atoms with E-state index < -0.39 is 5.91 Å². The molecule has 2 N–H and O–H groups in total. The highest BCUT2D eigenvalue weighted by atomic mass is 16.2. The van der Waals surface area contributed by atoms with Crippen molar-refractivity contribution in [1.29, 1.82) is 0 Å². The molecule has 126 valence electrons. The van der Waals surface area contributed by atoms with E-state index in [-0.39, 0.29) is 29.4 Å². The lowest BCUT2D eigenvalue weighted by Gasteiger charge is -2.34. The average molecular weight is 334 g/mol. The van der Waals surface area contributed by atoms with Gasteiger partial charge in [-0.15, -0.1) is 0 Å². The van der Waals surface area contributed by atoms with E-state index in [2.05, 4.69) is 28.2 Å². The highest BCUT2D eigenvalue weighted by Gasteiger charge is 2.41. The first-order chi connectivity index (χ1) is 12.1. The minimum absolute atomic E-state index is 0.0178. The molecule has 4 rings (SSSR count). The maximum Gasteiger partial charge on any atom is 0.275 e. The molecule has 2 aliphatic rings. The number of amides is 2. The van der Waals surface area contributed by atoms with Gasteiger partial charge in [0, 0.05) is 18.4 Å². The molecule has 3 heterocycles. The molecule has 2 bridgehead atoms. The summed E-state index contributed by atoms with van der Waals surface area (Å²) in [7, 11) is 0. The molecule has 0 aliphatic carbocycles. The summed E-state index contributed by atoms with van der Waals surface area (Å²) < 4.78 is 0. The van der Waals surface area contributed by atoms with Gasteiger partial charge in [0.25, 0.3) is 11.8 Å². The Labute approximate surface area is 145 Å². The third kappa shape index (κ3) is 2.69. The Balaban J connectivity index is 1.66. The molecular formula is C19H18N4O2. The Hall–Kier alpha value is -3.02. The molecule has 6 heteroatoms. The summed E-state index contributed by atoms with van der Waals surface area (Å²) in [5.41, 5.74) is 7.79. The fraction of sp³-hybridized carbons (Fsp3) is 0.263. The Bertz CT molecular complexity index is 863. The summed E-state index contributed by atoms with van der Waals surface area (Å²) in [6.07, 6.45) is 7.61. The molecular weight excluding hydrogens is 316 g/mol. The van der Waals surface area contributed by atoms with Crippen LogP contribution in [0.3, 0.4) is 0 Å². The zero-order valence-corrected chi connectivity index (χ0v) is 13.6. The highest BCUT2D eigenvalue weighted by molar-refractivity contribution is 6.04. The summed E-state index contributed by atoms with van der Waals surface area (Å²) >= 11 is 0. The van der Waals surface area contributed by atoms with Crippen LogP contribution in [0.25, 0.3) is 5.57 Å². The molecule has 1 saturated heterocycles. The Kier molecular flexibility index (Phi) is 3.80. The van der Waals surface area contributed by atoms with Crippen LogP contribution in [0.4, 0.5) is 0 Å². The standard InChI is InChI=1S/C19H18N4O2/c20-18(24)16-17(22-9-8-21-16)19(25)23-14-6-7-15(23)11-13(10-14)12-4-2-1-3-5-12/h1-5,8-10,14-15H,6-7,11H2,(H2,20,24)/t14-,15-/m1/s1. The van der Waals surface area contributed by atoms with Gasteiger partial charge in [-0.05, 0) is 30.4 Å². The van der Waals surface area contributed by atoms with Crippen molar-refractivity contribution in [1.82, 2.24) is 14.9 Å². The van der Waals surface area contributed by atoms with Crippen molar-refractivity contribution < 1.29 is 9.59 Å². The van der Waals surface area contributed by atoms with Gasteiger partial charge in [0.15, 0.2) is 11.4 Å². The molecule has 0 spiro atoms. The van der Waals surface area contributed by atoms with Crippen LogP contribution in [0.2, 0.25) is 0 Å². The molecule has 25 heavy (non-hydrogen) atoms. The number of nitrogens with two attached hydrogens (primary N) is 1. The second kappa shape index (κ2) is 6.12. The average Bonchev–Trinajstić information content (AvgIpc) is 2.91. The van der Waals surface area contributed by atoms with Crippen molar-refractivity contribution in [2.75, 3.05) is 0 Å². The summed E-state index contributed by atoms with van der Waals surface area (Å²) in [5, 5.41) is 0. The second-order valence-electron chi connectivity index (χ2n) is 6.39. The van der Waals surface area contributed by atoms with Crippen molar-refractivity contribution in [3.05, 3.63) is 65.8 Å². The number of aromatic nitrogens is 2. The van der Waals surface area contributed by atoms with Crippen molar-refractivity contribution in [2.45, 2.75) is 31.3 Å². The number of hydrogen-bond acceptors (Lipinski definition) is 4. The number of carbonyl (C=O) groups is 2. The van der Waals surface area contributed by atoms with Crippen LogP contribution in [0.5, 0.6) is 0 Å². The molecule has 1 aromatic carbocycles. The fourth-order valence-corrected chi connectivity index (χ4v) is 3.81. The van der Waals surface area contributed by atoms with Gasteiger partial charge in [-0.25, -0.2) is 9.97 Å². The summed E-state index contributed by atoms with van der Waals surface area (Å²) in [5.74, 6) is -1.00. The highest BCUT2D eigenvalue weighted by Crippen LogP contribution is 2.39. The molecule has 6 nitrogen and oxygen atoms in total. The van der Waals surface area contributed by atoms with E-state index in [4.69, 9.17) is 5.73 Å². The smallest absolute Gasteiger partial charge is 0.275 e. The van der Waals surface area contributed by atoms with E-state index in [1.807, 2.05) is 23.1 Å². The number of primary amides is 1. The van der Waals surface area contributed by atoms with Crippen LogP contribution in [-0.4, -0.2) is 38.8 Å². The molecule has 2 amide bonds. The lowest BCUT2D eigenvalue weighted by Crippen LogP contribution is -2.44. The van der Waals surface area contributed by atoms with Crippen molar-refractivity contribution >= 4 is 17.4 Å². The number of nitrogens with zero attached hydrogens (tertiary/aromatic N) is 3. The van der Waals surface area contributed by atoms with Crippen molar-refractivity contribution in [3.8, 4) is 0 Å². The van der Waals surface area contributed by atoms with Crippen LogP contribution in [0, 0.1) is 0 Å². The first-order valence-electron chi connectivity index (χ1n) is 8.34. The van der Waals surface area contributed by atoms with Crippen LogP contribution < -0.4 is 5.73 Å². The summed E-state index contributed by atoms with van der Waals surface area (Å²) in [6.45, 7) is 0. The Morgan fingerprint density at radius 3 is 2.44 bits per heavy atom. The number of hydrogen-bond donors (Lipinski definition) is 1. The van der Waals surface area contributed by atoms with Crippen molar-refractivity contribution in [2.24, 2.45) is 5.73 Å². The summed E-state index contributed by atoms with van der Waals surface area (Å²) in [6, 6.07) is 10.4. The molecule has 1 aromatic heterocycles. The Morgan fingerprint density at radius 2 is 1.76 bits per heavy atom. The van der Waals surface area contributed by atoms with Gasteiger partial charge in [0.2, 0.25) is 0 Å². The molecule has 0 radical (unpaired) electrons. The lowest BCUT2D eigenvalue weighted by atomic mass is 9.94. The van der Waals surface area contributed by atoms with Gasteiger partial charge < -0.3 is 10.6 Å². The number of rotatable bonds is 3. The van der Waals surface area contributed by atoms with Gasteiger partial charge in [-0.3, -0.25) is 9.59 Å². The van der Waals surface area contributed by atoms with Gasteiger partial charge in [0.1, 0.15) is 0 Å². The van der Waals surface area contributed by atoms with E-state index in [0.717, 1.165) is 19.3 Å². The lowest BCUT2D eigenvalue weighted by molar-refractivity contribution is 0.0680. The number of fused-ring (bicyclic) bond motifs is 2. The van der Waals surface area contributed by atoms with Crippen LogP contribution in [0.15, 0.2) is 48.8 Å². The van der Waals surface area contributed by atoms with Gasteiger partial charge >= 0.3 is 0 Å². The normalized spacial score (nSPS) is 21.8. The summed E-state index contributed by atoms with van der Waals surface area (Å²) in [4.78, 5) is 34.4. The van der Waals surface area contributed by atoms with E-state index >= 15 is 0 Å². The third-order valence-corrected chi connectivity index (χ3v) is 4.91. The number of carbonyl (C=O) groups excluding carboxylic acids is 2. The zero-order valence-electron chi connectivity index (χ0n) is 13.6. The van der Waals surface area contributed by atoms with Crippen LogP contribution >= 0.6 is 0 Å². The molecule has 2 aromatic rings. The van der Waals surface area contributed by atoms with Gasteiger partial charge in [-0.1, -0.05) is 36.4 Å². The topological polar surface area (TPSA) is 89.2 Å². The minimum atomic E-state index is -0.735. The molecule has 2 atom stereocenters. The van der Waals surface area contributed by atoms with Gasteiger partial charge in [-0.2, -0.15) is 0 Å². The first-order valence-corrected chi connectivity index (χ1v) is 8.34. The van der Waals surface area contributed by atoms with Gasteiger partial charge in [0.05, 0.1) is 6.04 Å². The molecule has 0 unspecified atom stereocenters. The van der Waals surface area contributed by atoms with E-state index in [1.54, 1.807) is 0 Å². The molecule has 0 saturated carbocycles. The third-order valence-electron chi connectivity index (χ3n) is 4.91. The van der Waals surface area contributed by atoms with Crippen LogP contribution in [-0.2, 0) is 0 Å². The molecule has 1 fully saturated rings. The monoisotopic (exact) mass is 334 g/mol. The predicted octanol–water partition coefficient (Wildman–Crippen LogP) is 2.04. The maximum absolute atomic E-state index is 13.0. The van der Waals surface area contributed by atoms with E-state index in [9.17, 15) is 9.59 Å². The molecule has 2 aliphatic heterocycles. The minimum Gasteiger partial charge on any atom is -0.364 e. The second-order valence-corrected chi connectivity index (χ2v) is 6.39. The largest absolute Gasteiger partial charge is 0.364 e. The Morgan fingerprint density at radius 1 is 1.04 bits per heavy atom. The van der Waals surface area contributed by atoms with Crippen LogP contribution in [0.1, 0.15) is 45.8 Å². The quantitative estimate of drug-likeness (QED) is 0.930. The number of benzene rings is 1.